The molecule has 12 rings (SSSR count). The second-order valence-corrected chi connectivity index (χ2v) is 18.4. The van der Waals surface area contributed by atoms with Crippen molar-refractivity contribution in [3.05, 3.63) is 216 Å². The van der Waals surface area contributed by atoms with E-state index in [-0.39, 0.29) is 12.1 Å². The lowest BCUT2D eigenvalue weighted by Crippen LogP contribution is -2.18. The maximum Gasteiger partial charge on any atom is 0.227 e. The molecule has 8 aromatic carbocycles. The van der Waals surface area contributed by atoms with Crippen LogP contribution in [-0.4, -0.2) is 49.6 Å². The van der Waals surface area contributed by atoms with E-state index >= 15 is 0 Å². The Hall–Kier alpha value is -8.76. The third-order valence-corrected chi connectivity index (χ3v) is 13.5. The van der Waals surface area contributed by atoms with Crippen molar-refractivity contribution < 1.29 is 8.83 Å². The van der Waals surface area contributed by atoms with Gasteiger partial charge in [0.05, 0.1) is 34.9 Å². The van der Waals surface area contributed by atoms with Gasteiger partial charge in [0.1, 0.15) is 11.0 Å². The van der Waals surface area contributed by atoms with Gasteiger partial charge in [-0.1, -0.05) is 97.1 Å². The van der Waals surface area contributed by atoms with Crippen molar-refractivity contribution in [1.29, 1.82) is 0 Å². The molecule has 2 aliphatic heterocycles. The number of hydrogen-bond acceptors (Lipinski definition) is 10. The van der Waals surface area contributed by atoms with Gasteiger partial charge in [0.15, 0.2) is 11.2 Å². The van der Waals surface area contributed by atoms with Gasteiger partial charge in [-0.05, 0) is 130 Å². The number of rotatable bonds is 11. The zero-order valence-electron chi connectivity index (χ0n) is 39.4. The first kappa shape index (κ1) is 42.6. The molecule has 2 unspecified atom stereocenters. The standard InChI is InChI=1S/C60H50N8O2/c1-65(2)47-29-21-43(22-30-47)55-37-53(63-67(55)49-33-25-45(26-34-49)59-61-51-9-5-7-11-57(51)69-59)41-17-13-39(14-18-41)40-15-19-42(20-16-40)54-38-56(44-23-31-48(32-24-44)66(3)4)68(64-54)50-35-27-46(28-36-50)60-62-52-10-6-8-12-58(52)70-60/h5-36,55-56H,37-38H2,1-4H3. The number of hydrazone groups is 2. The van der Waals surface area contributed by atoms with Gasteiger partial charge in [0.25, 0.3) is 0 Å². The number of aromatic nitrogens is 2. The van der Waals surface area contributed by atoms with Crippen LogP contribution in [0.5, 0.6) is 0 Å². The second-order valence-electron chi connectivity index (χ2n) is 18.4. The van der Waals surface area contributed by atoms with Crippen LogP contribution >= 0.6 is 0 Å². The molecular weight excluding hydrogens is 865 g/mol. The average Bonchev–Trinajstić information content (AvgIpc) is 4.24. The Balaban J connectivity index is 0.796. The molecule has 0 bridgehead atoms. The highest BCUT2D eigenvalue weighted by atomic mass is 16.4. The summed E-state index contributed by atoms with van der Waals surface area (Å²) in [7, 11) is 8.27. The topological polar surface area (TPSA) is 89.7 Å². The fourth-order valence-electron chi connectivity index (χ4n) is 9.57. The van der Waals surface area contributed by atoms with Crippen molar-refractivity contribution in [2.24, 2.45) is 10.2 Å². The highest BCUT2D eigenvalue weighted by molar-refractivity contribution is 6.05. The number of anilines is 4. The highest BCUT2D eigenvalue weighted by Crippen LogP contribution is 2.41. The van der Waals surface area contributed by atoms with Crippen LogP contribution in [0.2, 0.25) is 0 Å². The Labute approximate surface area is 407 Å². The van der Waals surface area contributed by atoms with E-state index in [1.807, 2.05) is 48.5 Å². The summed E-state index contributed by atoms with van der Waals surface area (Å²) in [6.07, 6.45) is 1.54. The molecular formula is C60H50N8O2. The van der Waals surface area contributed by atoms with Crippen LogP contribution in [0.1, 0.15) is 47.2 Å². The van der Waals surface area contributed by atoms with Gasteiger partial charge in [-0.2, -0.15) is 10.2 Å². The van der Waals surface area contributed by atoms with Gasteiger partial charge in [-0.15, -0.1) is 0 Å². The molecule has 0 spiro atoms. The number of hydrogen-bond donors (Lipinski definition) is 0. The van der Waals surface area contributed by atoms with Gasteiger partial charge in [0.2, 0.25) is 11.8 Å². The molecule has 10 heteroatoms. The van der Waals surface area contributed by atoms with Crippen LogP contribution in [-0.2, 0) is 0 Å². The van der Waals surface area contributed by atoms with E-state index in [0.29, 0.717) is 11.8 Å². The largest absolute Gasteiger partial charge is 0.436 e. The monoisotopic (exact) mass is 914 g/mol. The van der Waals surface area contributed by atoms with Crippen LogP contribution < -0.4 is 19.8 Å². The zero-order valence-corrected chi connectivity index (χ0v) is 39.4. The summed E-state index contributed by atoms with van der Waals surface area (Å²) in [6, 6.07) is 67.7. The van der Waals surface area contributed by atoms with Crippen LogP contribution in [0.25, 0.3) is 56.2 Å². The molecule has 70 heavy (non-hydrogen) atoms. The number of fused-ring (bicyclic) bond motifs is 2. The summed E-state index contributed by atoms with van der Waals surface area (Å²) < 4.78 is 12.2. The fraction of sp³-hybridized carbons (Fsp3) is 0.133. The van der Waals surface area contributed by atoms with E-state index in [4.69, 9.17) is 29.0 Å². The summed E-state index contributed by atoms with van der Waals surface area (Å²) in [5.74, 6) is 1.21. The summed E-state index contributed by atoms with van der Waals surface area (Å²) in [6.45, 7) is 0. The Morgan fingerprint density at radius 3 is 1.09 bits per heavy atom. The highest BCUT2D eigenvalue weighted by Gasteiger charge is 2.32. The number of benzene rings is 8. The quantitative estimate of drug-likeness (QED) is 0.127. The van der Waals surface area contributed by atoms with Crippen molar-refractivity contribution in [2.45, 2.75) is 24.9 Å². The SMILES string of the molecule is CN(C)c1ccc(C2CC(c3ccc(-c4ccc(C5=NN(c6ccc(-c7nc8ccccc8o7)cc6)C(c6ccc(N(C)C)cc6)C5)cc4)cc3)=NN2c2ccc(-c3nc4ccccc4o3)cc2)cc1. The van der Waals surface area contributed by atoms with Crippen molar-refractivity contribution in [3.63, 3.8) is 0 Å². The summed E-state index contributed by atoms with van der Waals surface area (Å²) in [5.41, 5.74) is 18.4. The summed E-state index contributed by atoms with van der Waals surface area (Å²) >= 11 is 0. The van der Waals surface area contributed by atoms with E-state index in [0.717, 1.165) is 103 Å². The summed E-state index contributed by atoms with van der Waals surface area (Å²) in [4.78, 5) is 13.7. The van der Waals surface area contributed by atoms with Gasteiger partial charge < -0.3 is 18.6 Å². The smallest absolute Gasteiger partial charge is 0.227 e. The van der Waals surface area contributed by atoms with Crippen LogP contribution in [0.3, 0.4) is 0 Å². The predicted octanol–water partition coefficient (Wildman–Crippen LogP) is 13.8. The van der Waals surface area contributed by atoms with Gasteiger partial charge in [0, 0.05) is 63.5 Å². The number of oxazole rings is 2. The molecule has 0 saturated carbocycles. The molecule has 10 nitrogen and oxygen atoms in total. The minimum Gasteiger partial charge on any atom is -0.436 e. The van der Waals surface area contributed by atoms with E-state index < -0.39 is 0 Å². The van der Waals surface area contributed by atoms with Crippen molar-refractivity contribution in [2.75, 3.05) is 48.0 Å². The Bertz CT molecular complexity index is 3230. The van der Waals surface area contributed by atoms with E-state index in [9.17, 15) is 0 Å². The van der Waals surface area contributed by atoms with Crippen LogP contribution in [0, 0.1) is 0 Å². The molecule has 0 radical (unpaired) electrons. The molecule has 0 N–H and O–H groups in total. The third-order valence-electron chi connectivity index (χ3n) is 13.5. The maximum absolute atomic E-state index is 6.08. The minimum atomic E-state index is 0.0272. The van der Waals surface area contributed by atoms with E-state index in [1.165, 1.54) is 11.1 Å². The first-order chi connectivity index (χ1) is 34.3. The molecule has 342 valence electrons. The van der Waals surface area contributed by atoms with Crippen molar-refractivity contribution >= 4 is 56.4 Å². The molecule has 4 heterocycles. The first-order valence-corrected chi connectivity index (χ1v) is 23.7. The Morgan fingerprint density at radius 2 is 0.729 bits per heavy atom. The molecule has 0 saturated heterocycles. The van der Waals surface area contributed by atoms with Crippen LogP contribution in [0.4, 0.5) is 22.7 Å². The van der Waals surface area contributed by atoms with Gasteiger partial charge >= 0.3 is 0 Å². The molecule has 0 aliphatic carbocycles. The summed E-state index contributed by atoms with van der Waals surface area (Å²) in [5, 5.41) is 14.9. The van der Waals surface area contributed by atoms with Gasteiger partial charge in [-0.25, -0.2) is 9.97 Å². The molecule has 2 atom stereocenters. The van der Waals surface area contributed by atoms with Crippen LogP contribution in [0.15, 0.2) is 213 Å². The first-order valence-electron chi connectivity index (χ1n) is 23.7. The minimum absolute atomic E-state index is 0.0272. The lowest BCUT2D eigenvalue weighted by Gasteiger charge is -2.24. The zero-order chi connectivity index (χ0) is 47.3. The average molecular weight is 915 g/mol. The van der Waals surface area contributed by atoms with Crippen molar-refractivity contribution in [3.8, 4) is 34.0 Å². The van der Waals surface area contributed by atoms with E-state index in [2.05, 4.69) is 194 Å². The molecule has 10 aromatic rings. The normalized spacial score (nSPS) is 15.7. The molecule has 0 amide bonds. The fourth-order valence-corrected chi connectivity index (χ4v) is 9.57. The maximum atomic E-state index is 6.08. The molecule has 2 aromatic heterocycles. The molecule has 2 aliphatic rings. The van der Waals surface area contributed by atoms with Gasteiger partial charge in [-0.3, -0.25) is 10.0 Å². The second kappa shape index (κ2) is 17.7. The Kier molecular flexibility index (Phi) is 10.8. The lowest BCUT2D eigenvalue weighted by atomic mass is 9.95. The Morgan fingerprint density at radius 1 is 0.386 bits per heavy atom. The van der Waals surface area contributed by atoms with E-state index in [1.54, 1.807) is 0 Å². The number of para-hydroxylation sites is 4. The van der Waals surface area contributed by atoms with Crippen molar-refractivity contribution in [1.82, 2.24) is 9.97 Å². The third kappa shape index (κ3) is 8.13. The molecule has 0 fully saturated rings. The number of nitrogens with zero attached hydrogens (tertiary/aromatic N) is 8. The predicted molar refractivity (Wildman–Crippen MR) is 285 cm³/mol. The lowest BCUT2D eigenvalue weighted by molar-refractivity contribution is 0.619.